The number of benzene rings is 1. The average molecular weight is 319 g/mol. The first kappa shape index (κ1) is 16.4. The lowest BCUT2D eigenvalue weighted by Crippen LogP contribution is -2.45. The van der Waals surface area contributed by atoms with Gasteiger partial charge in [-0.3, -0.25) is 4.79 Å². The molecule has 126 valence electrons. The minimum Gasteiger partial charge on any atom is -0.388 e. The summed E-state index contributed by atoms with van der Waals surface area (Å²) < 4.78 is 13.0. The fourth-order valence-electron chi connectivity index (χ4n) is 4.10. The highest BCUT2D eigenvalue weighted by molar-refractivity contribution is 5.82. The zero-order chi connectivity index (χ0) is 16.4. The van der Waals surface area contributed by atoms with E-state index >= 15 is 0 Å². The van der Waals surface area contributed by atoms with Crippen LogP contribution in [0.2, 0.25) is 0 Å². The SMILES string of the molecule is CC1(C(=O)N2CCC(C(O)c3ccc(F)cc3)CC2)CCCC1. The Morgan fingerprint density at radius 2 is 1.78 bits per heavy atom. The van der Waals surface area contributed by atoms with Crippen LogP contribution in [0.25, 0.3) is 0 Å². The molecule has 1 saturated heterocycles. The number of hydrogen-bond donors (Lipinski definition) is 1. The molecular weight excluding hydrogens is 293 g/mol. The van der Waals surface area contributed by atoms with E-state index in [1.54, 1.807) is 12.1 Å². The molecule has 1 aromatic rings. The Balaban J connectivity index is 1.57. The fraction of sp³-hybridized carbons (Fsp3) is 0.632. The highest BCUT2D eigenvalue weighted by Crippen LogP contribution is 2.40. The van der Waals surface area contributed by atoms with Crippen molar-refractivity contribution < 1.29 is 14.3 Å². The highest BCUT2D eigenvalue weighted by Gasteiger charge is 2.40. The number of halogens is 1. The number of carbonyl (C=O) groups excluding carboxylic acids is 1. The lowest BCUT2D eigenvalue weighted by molar-refractivity contribution is -0.143. The monoisotopic (exact) mass is 319 g/mol. The van der Waals surface area contributed by atoms with Crippen LogP contribution in [0.4, 0.5) is 4.39 Å². The topological polar surface area (TPSA) is 40.5 Å². The summed E-state index contributed by atoms with van der Waals surface area (Å²) in [5.41, 5.74) is 0.599. The average Bonchev–Trinajstić information content (AvgIpc) is 3.02. The maximum atomic E-state index is 13.0. The Morgan fingerprint density at radius 1 is 1.22 bits per heavy atom. The summed E-state index contributed by atoms with van der Waals surface area (Å²) in [5, 5.41) is 10.5. The van der Waals surface area contributed by atoms with Crippen LogP contribution in [-0.2, 0) is 4.79 Å². The molecule has 1 aliphatic carbocycles. The van der Waals surface area contributed by atoms with Gasteiger partial charge in [-0.1, -0.05) is 31.9 Å². The van der Waals surface area contributed by atoms with E-state index in [0.717, 1.165) is 57.2 Å². The number of likely N-dealkylation sites (tertiary alicyclic amines) is 1. The van der Waals surface area contributed by atoms with Crippen molar-refractivity contribution in [3.63, 3.8) is 0 Å². The van der Waals surface area contributed by atoms with Crippen LogP contribution in [0.5, 0.6) is 0 Å². The highest BCUT2D eigenvalue weighted by atomic mass is 19.1. The quantitative estimate of drug-likeness (QED) is 0.923. The Morgan fingerprint density at radius 3 is 2.35 bits per heavy atom. The van der Waals surface area contributed by atoms with Crippen LogP contribution in [0.1, 0.15) is 57.1 Å². The van der Waals surface area contributed by atoms with Crippen molar-refractivity contribution in [1.82, 2.24) is 4.90 Å². The van der Waals surface area contributed by atoms with E-state index in [1.165, 1.54) is 12.1 Å². The molecule has 4 heteroatoms. The predicted molar refractivity (Wildman–Crippen MR) is 87.2 cm³/mol. The van der Waals surface area contributed by atoms with E-state index in [4.69, 9.17) is 0 Å². The molecule has 23 heavy (non-hydrogen) atoms. The summed E-state index contributed by atoms with van der Waals surface area (Å²) in [7, 11) is 0. The van der Waals surface area contributed by atoms with Crippen molar-refractivity contribution in [3.05, 3.63) is 35.6 Å². The molecular formula is C19H26FNO2. The van der Waals surface area contributed by atoms with Crippen LogP contribution in [0.15, 0.2) is 24.3 Å². The predicted octanol–water partition coefficient (Wildman–Crippen LogP) is 3.68. The molecule has 1 unspecified atom stereocenters. The van der Waals surface area contributed by atoms with Crippen LogP contribution in [0.3, 0.4) is 0 Å². The minimum absolute atomic E-state index is 0.140. The van der Waals surface area contributed by atoms with Gasteiger partial charge in [0.2, 0.25) is 5.91 Å². The van der Waals surface area contributed by atoms with E-state index in [0.29, 0.717) is 5.91 Å². The van der Waals surface area contributed by atoms with Gasteiger partial charge in [0, 0.05) is 18.5 Å². The molecule has 0 spiro atoms. The number of aliphatic hydroxyl groups is 1. The molecule has 0 bridgehead atoms. The summed E-state index contributed by atoms with van der Waals surface area (Å²) in [5.74, 6) is 0.150. The second kappa shape index (κ2) is 6.60. The Hall–Kier alpha value is -1.42. The number of hydrogen-bond acceptors (Lipinski definition) is 2. The smallest absolute Gasteiger partial charge is 0.228 e. The third kappa shape index (κ3) is 3.42. The van der Waals surface area contributed by atoms with Gasteiger partial charge in [-0.25, -0.2) is 4.39 Å². The Labute approximate surface area is 137 Å². The van der Waals surface area contributed by atoms with Gasteiger partial charge in [0.15, 0.2) is 0 Å². The standard InChI is InChI=1S/C19H26FNO2/c1-19(10-2-3-11-19)18(23)21-12-8-15(9-13-21)17(22)14-4-6-16(20)7-5-14/h4-7,15,17,22H,2-3,8-13H2,1H3. The van der Waals surface area contributed by atoms with Crippen molar-refractivity contribution in [1.29, 1.82) is 0 Å². The number of piperidine rings is 1. The molecule has 0 aromatic heterocycles. The molecule has 3 nitrogen and oxygen atoms in total. The zero-order valence-corrected chi connectivity index (χ0v) is 13.8. The van der Waals surface area contributed by atoms with Crippen LogP contribution in [0, 0.1) is 17.2 Å². The molecule has 1 atom stereocenters. The zero-order valence-electron chi connectivity index (χ0n) is 13.8. The van der Waals surface area contributed by atoms with Crippen molar-refractivity contribution in [2.75, 3.05) is 13.1 Å². The summed E-state index contributed by atoms with van der Waals surface area (Å²) in [6.07, 6.45) is 5.36. The van der Waals surface area contributed by atoms with E-state index < -0.39 is 6.10 Å². The van der Waals surface area contributed by atoms with E-state index in [2.05, 4.69) is 6.92 Å². The first-order valence-corrected chi connectivity index (χ1v) is 8.72. The Bertz CT molecular complexity index is 543. The second-order valence-electron chi connectivity index (χ2n) is 7.39. The van der Waals surface area contributed by atoms with E-state index in [1.807, 2.05) is 4.90 Å². The van der Waals surface area contributed by atoms with Crippen molar-refractivity contribution in [2.24, 2.45) is 11.3 Å². The first-order valence-electron chi connectivity index (χ1n) is 8.72. The van der Waals surface area contributed by atoms with Crippen molar-refractivity contribution in [3.8, 4) is 0 Å². The molecule has 2 fully saturated rings. The maximum Gasteiger partial charge on any atom is 0.228 e. The minimum atomic E-state index is -0.574. The van der Waals surface area contributed by atoms with Crippen LogP contribution in [-0.4, -0.2) is 29.0 Å². The maximum absolute atomic E-state index is 13.0. The van der Waals surface area contributed by atoms with Gasteiger partial charge in [0.05, 0.1) is 6.10 Å². The molecule has 0 radical (unpaired) electrons. The van der Waals surface area contributed by atoms with Crippen LogP contribution >= 0.6 is 0 Å². The molecule has 1 amide bonds. The number of carbonyl (C=O) groups is 1. The summed E-state index contributed by atoms with van der Waals surface area (Å²) in [6.45, 7) is 3.54. The van der Waals surface area contributed by atoms with Gasteiger partial charge >= 0.3 is 0 Å². The molecule has 3 rings (SSSR count). The fourth-order valence-corrected chi connectivity index (χ4v) is 4.10. The van der Waals surface area contributed by atoms with Gasteiger partial charge in [0.1, 0.15) is 5.82 Å². The summed E-state index contributed by atoms with van der Waals surface area (Å²) in [6, 6.07) is 6.07. The van der Waals surface area contributed by atoms with Gasteiger partial charge < -0.3 is 10.0 Å². The first-order chi connectivity index (χ1) is 11.0. The number of aliphatic hydroxyl groups excluding tert-OH is 1. The summed E-state index contributed by atoms with van der Waals surface area (Å²) in [4.78, 5) is 14.7. The largest absolute Gasteiger partial charge is 0.388 e. The van der Waals surface area contributed by atoms with Crippen LogP contribution < -0.4 is 0 Å². The van der Waals surface area contributed by atoms with Gasteiger partial charge in [-0.15, -0.1) is 0 Å². The number of amides is 1. The van der Waals surface area contributed by atoms with Gasteiger partial charge in [-0.2, -0.15) is 0 Å². The second-order valence-corrected chi connectivity index (χ2v) is 7.39. The van der Waals surface area contributed by atoms with Crippen molar-refractivity contribution >= 4 is 5.91 Å². The lowest BCUT2D eigenvalue weighted by atomic mass is 9.84. The lowest BCUT2D eigenvalue weighted by Gasteiger charge is -2.38. The molecule has 1 saturated carbocycles. The van der Waals surface area contributed by atoms with E-state index in [-0.39, 0.29) is 17.2 Å². The summed E-state index contributed by atoms with van der Waals surface area (Å²) >= 11 is 0. The molecule has 1 aliphatic heterocycles. The van der Waals surface area contributed by atoms with Gasteiger partial charge in [0.25, 0.3) is 0 Å². The third-order valence-corrected chi connectivity index (χ3v) is 5.71. The van der Waals surface area contributed by atoms with Gasteiger partial charge in [-0.05, 0) is 49.3 Å². The van der Waals surface area contributed by atoms with E-state index in [9.17, 15) is 14.3 Å². The molecule has 1 aromatic carbocycles. The normalized spacial score (nSPS) is 23.0. The molecule has 1 heterocycles. The number of rotatable bonds is 3. The molecule has 2 aliphatic rings. The third-order valence-electron chi connectivity index (χ3n) is 5.71. The molecule has 1 N–H and O–H groups in total. The number of nitrogens with zero attached hydrogens (tertiary/aromatic N) is 1. The van der Waals surface area contributed by atoms with Crippen molar-refractivity contribution in [2.45, 2.75) is 51.6 Å². The Kier molecular flexibility index (Phi) is 4.72.